The molecule has 1 aliphatic rings. The predicted molar refractivity (Wildman–Crippen MR) is 41.5 cm³/mol. The number of carbonyl (C=O) groups excluding carboxylic acids is 2. The van der Waals surface area contributed by atoms with E-state index < -0.39 is 17.6 Å². The molecule has 0 unspecified atom stereocenters. The highest BCUT2D eigenvalue weighted by Gasteiger charge is 2.64. The molecule has 0 radical (unpaired) electrons. The first-order valence-corrected chi connectivity index (χ1v) is 4.23. The summed E-state index contributed by atoms with van der Waals surface area (Å²) in [4.78, 5) is 20.8. The number of hydrogen-bond acceptors (Lipinski definition) is 2. The van der Waals surface area contributed by atoms with Gasteiger partial charge in [0.2, 0.25) is 5.91 Å². The minimum absolute atomic E-state index is 0.0419. The number of rotatable bonds is 4. The molecule has 0 aromatic heterocycles. The van der Waals surface area contributed by atoms with Crippen LogP contribution in [0, 0.1) is 0 Å². The molecular weight excluding hydrogens is 199 g/mol. The average molecular weight is 209 g/mol. The van der Waals surface area contributed by atoms with Crippen molar-refractivity contribution < 1.29 is 22.8 Å². The molecule has 3 nitrogen and oxygen atoms in total. The van der Waals surface area contributed by atoms with Gasteiger partial charge in [0.15, 0.2) is 0 Å². The lowest BCUT2D eigenvalue weighted by Gasteiger charge is -2.20. The Kier molecular flexibility index (Phi) is 2.82. The molecule has 0 aromatic rings. The Labute approximate surface area is 78.7 Å². The first-order valence-electron chi connectivity index (χ1n) is 4.23. The number of hydrogen-bond donors (Lipinski definition) is 1. The minimum atomic E-state index is -4.39. The Morgan fingerprint density at radius 1 is 1.43 bits per heavy atom. The van der Waals surface area contributed by atoms with Crippen molar-refractivity contribution in [1.82, 2.24) is 5.32 Å². The highest BCUT2D eigenvalue weighted by molar-refractivity contribution is 5.79. The number of amides is 1. The van der Waals surface area contributed by atoms with Crippen LogP contribution < -0.4 is 5.32 Å². The number of carbonyl (C=O) groups is 2. The van der Waals surface area contributed by atoms with Crippen LogP contribution in [-0.4, -0.2) is 23.9 Å². The molecule has 1 fully saturated rings. The van der Waals surface area contributed by atoms with Gasteiger partial charge in [-0.15, -0.1) is 0 Å². The van der Waals surface area contributed by atoms with Crippen molar-refractivity contribution in [2.24, 2.45) is 0 Å². The average Bonchev–Trinajstić information content (AvgIpc) is 2.80. The van der Waals surface area contributed by atoms with Crippen LogP contribution >= 0.6 is 0 Å². The fourth-order valence-corrected chi connectivity index (χ4v) is 1.12. The van der Waals surface area contributed by atoms with E-state index in [9.17, 15) is 22.8 Å². The zero-order valence-electron chi connectivity index (χ0n) is 7.36. The first-order chi connectivity index (χ1) is 6.41. The van der Waals surface area contributed by atoms with Crippen LogP contribution in [0.1, 0.15) is 25.7 Å². The molecule has 0 bridgehead atoms. The third-order valence-corrected chi connectivity index (χ3v) is 2.16. The van der Waals surface area contributed by atoms with Crippen LogP contribution in [0.25, 0.3) is 0 Å². The Morgan fingerprint density at radius 2 is 2.00 bits per heavy atom. The van der Waals surface area contributed by atoms with Gasteiger partial charge >= 0.3 is 6.18 Å². The second-order valence-electron chi connectivity index (χ2n) is 3.33. The number of halogens is 3. The molecule has 0 spiro atoms. The van der Waals surface area contributed by atoms with Gasteiger partial charge in [0.05, 0.1) is 0 Å². The van der Waals surface area contributed by atoms with Crippen molar-refractivity contribution in [2.75, 3.05) is 0 Å². The summed E-state index contributed by atoms with van der Waals surface area (Å²) >= 11 is 0. The van der Waals surface area contributed by atoms with Gasteiger partial charge in [-0.2, -0.15) is 13.2 Å². The molecule has 0 aromatic carbocycles. The van der Waals surface area contributed by atoms with Gasteiger partial charge in [-0.05, 0) is 12.8 Å². The standard InChI is InChI=1S/C8H10F3NO2/c9-8(10,11)7(3-4-7)12-6(14)2-1-5-13/h5H,1-4H2,(H,12,14). The molecule has 0 saturated heterocycles. The second-order valence-corrected chi connectivity index (χ2v) is 3.33. The molecule has 14 heavy (non-hydrogen) atoms. The van der Waals surface area contributed by atoms with Crippen LogP contribution in [0.15, 0.2) is 0 Å². The minimum Gasteiger partial charge on any atom is -0.342 e. The lowest BCUT2D eigenvalue weighted by atomic mass is 10.2. The largest absolute Gasteiger partial charge is 0.411 e. The van der Waals surface area contributed by atoms with Gasteiger partial charge in [0, 0.05) is 12.8 Å². The molecule has 1 aliphatic carbocycles. The SMILES string of the molecule is O=CCCC(=O)NC1(C(F)(F)F)CC1. The maximum atomic E-state index is 12.3. The summed E-state index contributed by atoms with van der Waals surface area (Å²) < 4.78 is 36.9. The van der Waals surface area contributed by atoms with Crippen LogP contribution in [-0.2, 0) is 9.59 Å². The molecule has 6 heteroatoms. The van der Waals surface area contributed by atoms with Crippen LogP contribution in [0.2, 0.25) is 0 Å². The Hall–Kier alpha value is -1.07. The second kappa shape index (κ2) is 3.59. The first kappa shape index (κ1) is 11.0. The third kappa shape index (κ3) is 2.24. The molecule has 0 aliphatic heterocycles. The zero-order valence-corrected chi connectivity index (χ0v) is 7.36. The number of aldehydes is 1. The molecule has 80 valence electrons. The third-order valence-electron chi connectivity index (χ3n) is 2.16. The number of alkyl halides is 3. The highest BCUT2D eigenvalue weighted by Crippen LogP contribution is 2.48. The topological polar surface area (TPSA) is 46.2 Å². The summed E-state index contributed by atoms with van der Waals surface area (Å²) in [6.45, 7) is 0. The van der Waals surface area contributed by atoms with Crippen molar-refractivity contribution in [3.05, 3.63) is 0 Å². The fourth-order valence-electron chi connectivity index (χ4n) is 1.12. The molecule has 1 rings (SSSR count). The summed E-state index contributed by atoms with van der Waals surface area (Å²) in [7, 11) is 0. The highest BCUT2D eigenvalue weighted by atomic mass is 19.4. The molecule has 1 amide bonds. The van der Waals surface area contributed by atoms with Gasteiger partial charge < -0.3 is 10.1 Å². The summed E-state index contributed by atoms with van der Waals surface area (Å²) in [6, 6.07) is 0. The smallest absolute Gasteiger partial charge is 0.342 e. The molecule has 1 saturated carbocycles. The van der Waals surface area contributed by atoms with Crippen LogP contribution in [0.5, 0.6) is 0 Å². The van der Waals surface area contributed by atoms with Crippen molar-refractivity contribution in [3.63, 3.8) is 0 Å². The molecule has 0 atom stereocenters. The monoisotopic (exact) mass is 209 g/mol. The van der Waals surface area contributed by atoms with Crippen molar-refractivity contribution in [2.45, 2.75) is 37.4 Å². The van der Waals surface area contributed by atoms with E-state index in [2.05, 4.69) is 0 Å². The lowest BCUT2D eigenvalue weighted by Crippen LogP contribution is -2.47. The van der Waals surface area contributed by atoms with Gasteiger partial charge in [0.1, 0.15) is 11.8 Å². The maximum absolute atomic E-state index is 12.3. The zero-order chi connectivity index (χ0) is 10.8. The van der Waals surface area contributed by atoms with Gasteiger partial charge in [-0.3, -0.25) is 4.79 Å². The summed E-state index contributed by atoms with van der Waals surface area (Å²) in [5, 5.41) is 1.92. The van der Waals surface area contributed by atoms with Crippen molar-refractivity contribution in [3.8, 4) is 0 Å². The van der Waals surface area contributed by atoms with Crippen molar-refractivity contribution in [1.29, 1.82) is 0 Å². The van der Waals surface area contributed by atoms with Gasteiger partial charge in [-0.1, -0.05) is 0 Å². The van der Waals surface area contributed by atoms with E-state index in [1.807, 2.05) is 5.32 Å². The van der Waals surface area contributed by atoms with Crippen LogP contribution in [0.3, 0.4) is 0 Å². The van der Waals surface area contributed by atoms with E-state index in [1.54, 1.807) is 0 Å². The number of nitrogens with one attached hydrogen (secondary N) is 1. The quantitative estimate of drug-likeness (QED) is 0.706. The van der Waals surface area contributed by atoms with Gasteiger partial charge in [0.25, 0.3) is 0 Å². The summed E-state index contributed by atoms with van der Waals surface area (Å²) in [5.74, 6) is -0.716. The normalized spacial score (nSPS) is 18.8. The predicted octanol–water partition coefficient (Wildman–Crippen LogP) is 1.18. The van der Waals surface area contributed by atoms with E-state index in [0.717, 1.165) is 0 Å². The molecular formula is C8H10F3NO2. The Balaban J connectivity index is 2.44. The van der Waals surface area contributed by atoms with E-state index >= 15 is 0 Å². The molecule has 0 heterocycles. The van der Waals surface area contributed by atoms with E-state index in [0.29, 0.717) is 6.29 Å². The fraction of sp³-hybridized carbons (Fsp3) is 0.750. The lowest BCUT2D eigenvalue weighted by molar-refractivity contribution is -0.170. The van der Waals surface area contributed by atoms with E-state index in [4.69, 9.17) is 0 Å². The summed E-state index contributed by atoms with van der Waals surface area (Å²) in [5.41, 5.74) is -2.01. The summed E-state index contributed by atoms with van der Waals surface area (Å²) in [6.07, 6.45) is -4.23. The maximum Gasteiger partial charge on any atom is 0.411 e. The molecule has 1 N–H and O–H groups in total. The van der Waals surface area contributed by atoms with Crippen LogP contribution in [0.4, 0.5) is 13.2 Å². The van der Waals surface area contributed by atoms with E-state index in [1.165, 1.54) is 0 Å². The van der Waals surface area contributed by atoms with Crippen molar-refractivity contribution >= 4 is 12.2 Å². The van der Waals surface area contributed by atoms with E-state index in [-0.39, 0.29) is 25.7 Å². The Morgan fingerprint density at radius 3 is 2.36 bits per heavy atom. The van der Waals surface area contributed by atoms with Gasteiger partial charge in [-0.25, -0.2) is 0 Å². The Bertz CT molecular complexity index is 245.